The van der Waals surface area contributed by atoms with E-state index in [4.69, 9.17) is 15.7 Å². The van der Waals surface area contributed by atoms with Crippen molar-refractivity contribution in [2.24, 2.45) is 5.73 Å². The van der Waals surface area contributed by atoms with Gasteiger partial charge in [0.2, 0.25) is 0 Å². The van der Waals surface area contributed by atoms with E-state index >= 15 is 0 Å². The number of ether oxygens (including phenoxy) is 1. The minimum absolute atomic E-state index is 0.331. The third kappa shape index (κ3) is 4.07. The Kier molecular flexibility index (Phi) is 4.29. The summed E-state index contributed by atoms with van der Waals surface area (Å²) in [5.74, 6) is 0. The molecule has 0 aromatic heterocycles. The first-order valence-electron chi connectivity index (χ1n) is 5.50. The van der Waals surface area contributed by atoms with Gasteiger partial charge in [0.05, 0.1) is 17.2 Å². The van der Waals surface area contributed by atoms with Crippen LogP contribution < -0.4 is 5.73 Å². The molecule has 0 unspecified atom stereocenters. The number of hydrogen-bond donors (Lipinski definition) is 2. The zero-order chi connectivity index (χ0) is 13.8. The molecule has 0 saturated carbocycles. The van der Waals surface area contributed by atoms with Gasteiger partial charge in [0.1, 0.15) is 6.10 Å². The number of nitriles is 1. The number of primary amides is 1. The quantitative estimate of drug-likeness (QED) is 0.840. The Morgan fingerprint density at radius 3 is 2.44 bits per heavy atom. The molecule has 0 fully saturated rings. The second kappa shape index (κ2) is 5.52. The molecular formula is C13H16N2O3. The third-order valence-electron chi connectivity index (χ3n) is 2.55. The van der Waals surface area contributed by atoms with Gasteiger partial charge in [-0.25, -0.2) is 4.79 Å². The van der Waals surface area contributed by atoms with Crippen LogP contribution in [-0.2, 0) is 11.2 Å². The van der Waals surface area contributed by atoms with E-state index in [1.54, 1.807) is 38.1 Å². The normalized spacial score (nSPS) is 12.6. The summed E-state index contributed by atoms with van der Waals surface area (Å²) in [6.45, 7) is 3.09. The second-order valence-corrected chi connectivity index (χ2v) is 4.59. The molecule has 3 N–H and O–H groups in total. The van der Waals surface area contributed by atoms with Crippen molar-refractivity contribution in [3.05, 3.63) is 35.4 Å². The van der Waals surface area contributed by atoms with Gasteiger partial charge in [0.25, 0.3) is 0 Å². The summed E-state index contributed by atoms with van der Waals surface area (Å²) in [6, 6.07) is 8.85. The highest BCUT2D eigenvalue weighted by atomic mass is 16.6. The van der Waals surface area contributed by atoms with E-state index in [-0.39, 0.29) is 0 Å². The fraction of sp³-hybridized carbons (Fsp3) is 0.385. The van der Waals surface area contributed by atoms with E-state index in [1.165, 1.54) is 0 Å². The van der Waals surface area contributed by atoms with Gasteiger partial charge < -0.3 is 15.6 Å². The van der Waals surface area contributed by atoms with Crippen molar-refractivity contribution in [2.75, 3.05) is 0 Å². The van der Waals surface area contributed by atoms with Crippen LogP contribution in [0.2, 0.25) is 0 Å². The number of amides is 1. The lowest BCUT2D eigenvalue weighted by atomic mass is 9.94. The Hall–Kier alpha value is -2.06. The van der Waals surface area contributed by atoms with Crippen molar-refractivity contribution in [1.29, 1.82) is 5.26 Å². The van der Waals surface area contributed by atoms with Crippen LogP contribution in [0.25, 0.3) is 0 Å². The molecule has 18 heavy (non-hydrogen) atoms. The maximum Gasteiger partial charge on any atom is 0.404 e. The number of nitrogens with zero attached hydrogens (tertiary/aromatic N) is 1. The number of carbonyl (C=O) groups excluding carboxylic acids is 1. The van der Waals surface area contributed by atoms with Crippen LogP contribution in [0.15, 0.2) is 24.3 Å². The average molecular weight is 248 g/mol. The highest BCUT2D eigenvalue weighted by Gasteiger charge is 2.30. The van der Waals surface area contributed by atoms with Gasteiger partial charge in [-0.3, -0.25) is 0 Å². The van der Waals surface area contributed by atoms with Gasteiger partial charge in [-0.1, -0.05) is 12.1 Å². The van der Waals surface area contributed by atoms with Crippen LogP contribution in [-0.4, -0.2) is 22.9 Å². The summed E-state index contributed by atoms with van der Waals surface area (Å²) in [4.78, 5) is 10.8. The smallest absolute Gasteiger partial charge is 0.404 e. The Labute approximate surface area is 106 Å². The van der Waals surface area contributed by atoms with Gasteiger partial charge in [-0.05, 0) is 31.5 Å². The zero-order valence-electron chi connectivity index (χ0n) is 10.4. The molecule has 1 amide bonds. The Morgan fingerprint density at radius 1 is 1.50 bits per heavy atom. The number of nitrogens with two attached hydrogens (primary N) is 1. The van der Waals surface area contributed by atoms with E-state index in [2.05, 4.69) is 0 Å². The van der Waals surface area contributed by atoms with Crippen LogP contribution >= 0.6 is 0 Å². The SMILES string of the molecule is CC(C)(O)[C@@H](Cc1ccc(C#N)cc1)OC(N)=O. The maximum atomic E-state index is 10.8. The van der Waals surface area contributed by atoms with Crippen LogP contribution in [0.4, 0.5) is 4.79 Å². The largest absolute Gasteiger partial charge is 0.443 e. The summed E-state index contributed by atoms with van der Waals surface area (Å²) in [5.41, 5.74) is 5.18. The third-order valence-corrected chi connectivity index (χ3v) is 2.55. The lowest BCUT2D eigenvalue weighted by molar-refractivity contribution is -0.0523. The van der Waals surface area contributed by atoms with Crippen molar-refractivity contribution >= 4 is 6.09 Å². The predicted molar refractivity (Wildman–Crippen MR) is 65.6 cm³/mol. The molecule has 0 spiro atoms. The molecule has 5 heteroatoms. The molecule has 1 aromatic carbocycles. The van der Waals surface area contributed by atoms with Crippen molar-refractivity contribution in [3.63, 3.8) is 0 Å². The summed E-state index contributed by atoms with van der Waals surface area (Å²) in [7, 11) is 0. The molecule has 0 bridgehead atoms. The zero-order valence-corrected chi connectivity index (χ0v) is 10.4. The summed E-state index contributed by atoms with van der Waals surface area (Å²) < 4.78 is 4.90. The topological polar surface area (TPSA) is 96.3 Å². The van der Waals surface area contributed by atoms with E-state index in [9.17, 15) is 9.90 Å². The molecule has 0 heterocycles. The molecule has 5 nitrogen and oxygen atoms in total. The van der Waals surface area contributed by atoms with Gasteiger partial charge >= 0.3 is 6.09 Å². The monoisotopic (exact) mass is 248 g/mol. The maximum absolute atomic E-state index is 10.8. The first kappa shape index (κ1) is 14.0. The Morgan fingerprint density at radius 2 is 2.06 bits per heavy atom. The van der Waals surface area contributed by atoms with Crippen molar-refractivity contribution in [1.82, 2.24) is 0 Å². The summed E-state index contributed by atoms with van der Waals surface area (Å²) in [6.07, 6.45) is -1.32. The highest BCUT2D eigenvalue weighted by Crippen LogP contribution is 2.18. The Bertz CT molecular complexity index is 455. The predicted octanol–water partition coefficient (Wildman–Crippen LogP) is 1.34. The minimum atomic E-state index is -1.19. The van der Waals surface area contributed by atoms with Gasteiger partial charge in [-0.15, -0.1) is 0 Å². The molecule has 1 rings (SSSR count). The first-order valence-corrected chi connectivity index (χ1v) is 5.50. The van der Waals surface area contributed by atoms with Crippen molar-refractivity contribution < 1.29 is 14.6 Å². The van der Waals surface area contributed by atoms with Gasteiger partial charge in [0, 0.05) is 6.42 Å². The lowest BCUT2D eigenvalue weighted by Gasteiger charge is -2.28. The number of rotatable bonds is 4. The molecule has 0 aliphatic carbocycles. The van der Waals surface area contributed by atoms with E-state index < -0.39 is 17.8 Å². The summed E-state index contributed by atoms with van der Waals surface area (Å²) in [5, 5.41) is 18.6. The average Bonchev–Trinajstić information content (AvgIpc) is 2.27. The van der Waals surface area contributed by atoms with E-state index in [0.29, 0.717) is 12.0 Å². The standard InChI is InChI=1S/C13H16N2O3/c1-13(2,17)11(18-12(15)16)7-9-3-5-10(8-14)6-4-9/h3-6,11,17H,7H2,1-2H3,(H2,15,16)/t11-/m1/s1. The van der Waals surface area contributed by atoms with E-state index in [1.807, 2.05) is 6.07 Å². The minimum Gasteiger partial charge on any atom is -0.443 e. The van der Waals surface area contributed by atoms with Gasteiger partial charge in [0.15, 0.2) is 0 Å². The number of benzene rings is 1. The molecule has 0 radical (unpaired) electrons. The van der Waals surface area contributed by atoms with E-state index in [0.717, 1.165) is 5.56 Å². The number of aliphatic hydroxyl groups is 1. The summed E-state index contributed by atoms with van der Waals surface area (Å²) >= 11 is 0. The fourth-order valence-electron chi connectivity index (χ4n) is 1.51. The molecule has 1 atom stereocenters. The number of carbonyl (C=O) groups is 1. The highest BCUT2D eigenvalue weighted by molar-refractivity contribution is 5.65. The van der Waals surface area contributed by atoms with Crippen LogP contribution in [0.5, 0.6) is 0 Å². The molecular weight excluding hydrogens is 232 g/mol. The Balaban J connectivity index is 2.83. The molecule has 96 valence electrons. The fourth-order valence-corrected chi connectivity index (χ4v) is 1.51. The molecule has 0 saturated heterocycles. The molecule has 0 aliphatic rings. The van der Waals surface area contributed by atoms with Crippen LogP contribution in [0, 0.1) is 11.3 Å². The molecule has 1 aromatic rings. The van der Waals surface area contributed by atoms with Crippen LogP contribution in [0.3, 0.4) is 0 Å². The second-order valence-electron chi connectivity index (χ2n) is 4.59. The first-order chi connectivity index (χ1) is 8.32. The van der Waals surface area contributed by atoms with Crippen molar-refractivity contribution in [2.45, 2.75) is 32.0 Å². The van der Waals surface area contributed by atoms with Crippen molar-refractivity contribution in [3.8, 4) is 6.07 Å². The number of hydrogen-bond acceptors (Lipinski definition) is 4. The molecule has 0 aliphatic heterocycles. The lowest BCUT2D eigenvalue weighted by Crippen LogP contribution is -2.42. The van der Waals surface area contributed by atoms with Gasteiger partial charge in [-0.2, -0.15) is 5.26 Å². The van der Waals surface area contributed by atoms with Crippen LogP contribution in [0.1, 0.15) is 25.0 Å².